The monoisotopic (exact) mass is 401 g/mol. The first-order valence-corrected chi connectivity index (χ1v) is 11.3. The van der Waals surface area contributed by atoms with Crippen LogP contribution in [0.15, 0.2) is 12.4 Å². The van der Waals surface area contributed by atoms with Crippen molar-refractivity contribution < 1.29 is 9.53 Å². The third kappa shape index (κ3) is 5.81. The standard InChI is InChI=1S/C22H35N5O2/c1-29-15-18-8-11-26(12-9-18)22(28)7-4-17-3-2-10-27(14-17)21-13-20(23-16-24-21)25-19-5-6-19/h13,16-19H,2-12,14-15H2,1H3,(H,23,24,25)/t17-/m0/s1. The van der Waals surface area contributed by atoms with Crippen molar-refractivity contribution in [2.75, 3.05) is 50.1 Å². The number of hydrogen-bond donors (Lipinski definition) is 1. The predicted molar refractivity (Wildman–Crippen MR) is 114 cm³/mol. The fourth-order valence-corrected chi connectivity index (χ4v) is 4.61. The van der Waals surface area contributed by atoms with Crippen LogP contribution in [-0.2, 0) is 9.53 Å². The average molecular weight is 402 g/mol. The number of hydrogen-bond acceptors (Lipinski definition) is 6. The van der Waals surface area contributed by atoms with Gasteiger partial charge in [-0.15, -0.1) is 0 Å². The van der Waals surface area contributed by atoms with Gasteiger partial charge in [-0.05, 0) is 56.8 Å². The second-order valence-electron chi connectivity index (χ2n) is 8.95. The molecule has 29 heavy (non-hydrogen) atoms. The smallest absolute Gasteiger partial charge is 0.222 e. The van der Waals surface area contributed by atoms with Crippen LogP contribution in [0.2, 0.25) is 0 Å². The summed E-state index contributed by atoms with van der Waals surface area (Å²) in [5.74, 6) is 3.46. The maximum absolute atomic E-state index is 12.7. The Morgan fingerprint density at radius 2 is 1.97 bits per heavy atom. The predicted octanol–water partition coefficient (Wildman–Crippen LogP) is 2.93. The Morgan fingerprint density at radius 3 is 2.72 bits per heavy atom. The van der Waals surface area contributed by atoms with Crippen LogP contribution in [0.3, 0.4) is 0 Å². The maximum Gasteiger partial charge on any atom is 0.222 e. The summed E-state index contributed by atoms with van der Waals surface area (Å²) < 4.78 is 5.26. The Balaban J connectivity index is 1.23. The van der Waals surface area contributed by atoms with Crippen molar-refractivity contribution in [2.24, 2.45) is 11.8 Å². The lowest BCUT2D eigenvalue weighted by Crippen LogP contribution is -2.40. The summed E-state index contributed by atoms with van der Waals surface area (Å²) >= 11 is 0. The Morgan fingerprint density at radius 1 is 1.14 bits per heavy atom. The molecule has 1 aliphatic carbocycles. The minimum atomic E-state index is 0.330. The fourth-order valence-electron chi connectivity index (χ4n) is 4.61. The molecule has 7 heteroatoms. The molecule has 0 bridgehead atoms. The molecule has 0 spiro atoms. The van der Waals surface area contributed by atoms with E-state index >= 15 is 0 Å². The molecule has 4 rings (SSSR count). The second-order valence-corrected chi connectivity index (χ2v) is 8.95. The van der Waals surface area contributed by atoms with Crippen LogP contribution in [0.1, 0.15) is 51.4 Å². The molecular formula is C22H35N5O2. The van der Waals surface area contributed by atoms with Gasteiger partial charge in [0.15, 0.2) is 0 Å². The van der Waals surface area contributed by atoms with Gasteiger partial charge in [0.05, 0.1) is 0 Å². The van der Waals surface area contributed by atoms with Crippen molar-refractivity contribution in [2.45, 2.75) is 57.4 Å². The maximum atomic E-state index is 12.7. The van der Waals surface area contributed by atoms with Gasteiger partial charge in [0.1, 0.15) is 18.0 Å². The first-order chi connectivity index (χ1) is 14.2. The summed E-state index contributed by atoms with van der Waals surface area (Å²) in [6.45, 7) is 4.63. The molecule has 1 aromatic rings. The van der Waals surface area contributed by atoms with Crippen molar-refractivity contribution in [1.82, 2.24) is 14.9 Å². The topological polar surface area (TPSA) is 70.6 Å². The number of ether oxygens (including phenoxy) is 1. The minimum absolute atomic E-state index is 0.330. The number of carbonyl (C=O) groups excluding carboxylic acids is 1. The van der Waals surface area contributed by atoms with Crippen molar-refractivity contribution in [3.05, 3.63) is 12.4 Å². The number of methoxy groups -OCH3 is 1. The zero-order valence-corrected chi connectivity index (χ0v) is 17.7. The highest BCUT2D eigenvalue weighted by Crippen LogP contribution is 2.28. The molecule has 1 saturated carbocycles. The van der Waals surface area contributed by atoms with Crippen LogP contribution in [-0.4, -0.2) is 66.7 Å². The highest BCUT2D eigenvalue weighted by molar-refractivity contribution is 5.76. The zero-order chi connectivity index (χ0) is 20.1. The van der Waals surface area contributed by atoms with Crippen LogP contribution >= 0.6 is 0 Å². The van der Waals surface area contributed by atoms with Gasteiger partial charge in [-0.1, -0.05) is 0 Å². The minimum Gasteiger partial charge on any atom is -0.384 e. The van der Waals surface area contributed by atoms with E-state index in [1.807, 2.05) is 0 Å². The molecule has 3 heterocycles. The van der Waals surface area contributed by atoms with Crippen LogP contribution in [0.4, 0.5) is 11.6 Å². The second kappa shape index (κ2) is 9.74. The highest BCUT2D eigenvalue weighted by atomic mass is 16.5. The lowest BCUT2D eigenvalue weighted by atomic mass is 9.92. The molecule has 0 unspecified atom stereocenters. The van der Waals surface area contributed by atoms with E-state index < -0.39 is 0 Å². The SMILES string of the molecule is COCC1CCN(C(=O)CC[C@@H]2CCCN(c3cc(NC4CC4)ncn3)C2)CC1. The number of amides is 1. The molecule has 160 valence electrons. The van der Waals surface area contributed by atoms with E-state index in [9.17, 15) is 4.79 Å². The van der Waals surface area contributed by atoms with Gasteiger partial charge < -0.3 is 19.9 Å². The van der Waals surface area contributed by atoms with E-state index in [0.717, 1.165) is 70.1 Å². The van der Waals surface area contributed by atoms with E-state index in [1.54, 1.807) is 13.4 Å². The quantitative estimate of drug-likeness (QED) is 0.722. The molecule has 1 N–H and O–H groups in total. The number of rotatable bonds is 8. The Hall–Kier alpha value is -1.89. The Bertz CT molecular complexity index is 673. The summed E-state index contributed by atoms with van der Waals surface area (Å²) in [5.41, 5.74) is 0. The molecule has 1 aromatic heterocycles. The molecule has 2 saturated heterocycles. The summed E-state index contributed by atoms with van der Waals surface area (Å²) in [6, 6.07) is 2.67. The van der Waals surface area contributed by atoms with Crippen molar-refractivity contribution in [3.63, 3.8) is 0 Å². The summed E-state index contributed by atoms with van der Waals surface area (Å²) in [7, 11) is 1.76. The van der Waals surface area contributed by atoms with Crippen molar-refractivity contribution >= 4 is 17.5 Å². The van der Waals surface area contributed by atoms with Crippen LogP contribution < -0.4 is 10.2 Å². The van der Waals surface area contributed by atoms with Crippen LogP contribution in [0, 0.1) is 11.8 Å². The number of nitrogens with one attached hydrogen (secondary N) is 1. The number of carbonyl (C=O) groups is 1. The third-order valence-electron chi connectivity index (χ3n) is 6.56. The Labute approximate surface area is 174 Å². The lowest BCUT2D eigenvalue weighted by molar-refractivity contribution is -0.133. The first kappa shape index (κ1) is 20.4. The Kier molecular flexibility index (Phi) is 6.85. The van der Waals surface area contributed by atoms with Gasteiger partial charge in [-0.3, -0.25) is 4.79 Å². The van der Waals surface area contributed by atoms with Crippen LogP contribution in [0.5, 0.6) is 0 Å². The normalized spacial score (nSPS) is 23.3. The fraction of sp³-hybridized carbons (Fsp3) is 0.773. The van der Waals surface area contributed by atoms with Gasteiger partial charge in [0, 0.05) is 58.4 Å². The summed E-state index contributed by atoms with van der Waals surface area (Å²) in [4.78, 5) is 26.0. The third-order valence-corrected chi connectivity index (χ3v) is 6.56. The summed E-state index contributed by atoms with van der Waals surface area (Å²) in [6.07, 6.45) is 10.3. The highest BCUT2D eigenvalue weighted by Gasteiger charge is 2.26. The van der Waals surface area contributed by atoms with E-state index in [0.29, 0.717) is 30.2 Å². The molecule has 0 aromatic carbocycles. The first-order valence-electron chi connectivity index (χ1n) is 11.3. The van der Waals surface area contributed by atoms with Gasteiger partial charge >= 0.3 is 0 Å². The van der Waals surface area contributed by atoms with Gasteiger partial charge in [-0.2, -0.15) is 0 Å². The van der Waals surface area contributed by atoms with Gasteiger partial charge in [0.25, 0.3) is 0 Å². The molecule has 1 amide bonds. The number of anilines is 2. The molecule has 1 atom stereocenters. The lowest BCUT2D eigenvalue weighted by Gasteiger charge is -2.35. The molecule has 3 aliphatic rings. The molecule has 7 nitrogen and oxygen atoms in total. The number of aromatic nitrogens is 2. The van der Waals surface area contributed by atoms with Crippen molar-refractivity contribution in [3.8, 4) is 0 Å². The van der Waals surface area contributed by atoms with E-state index in [2.05, 4.69) is 31.2 Å². The number of likely N-dealkylation sites (tertiary alicyclic amines) is 1. The largest absolute Gasteiger partial charge is 0.384 e. The van der Waals surface area contributed by atoms with Gasteiger partial charge in [-0.25, -0.2) is 9.97 Å². The van der Waals surface area contributed by atoms with Gasteiger partial charge in [0.2, 0.25) is 5.91 Å². The van der Waals surface area contributed by atoms with Crippen LogP contribution in [0.25, 0.3) is 0 Å². The average Bonchev–Trinajstić information content (AvgIpc) is 3.57. The molecule has 2 aliphatic heterocycles. The van der Waals surface area contributed by atoms with E-state index in [1.165, 1.54) is 19.3 Å². The molecule has 0 radical (unpaired) electrons. The number of piperidine rings is 2. The zero-order valence-electron chi connectivity index (χ0n) is 17.7. The number of nitrogens with zero attached hydrogens (tertiary/aromatic N) is 4. The molecular weight excluding hydrogens is 366 g/mol. The molecule has 3 fully saturated rings. The van der Waals surface area contributed by atoms with Crippen molar-refractivity contribution in [1.29, 1.82) is 0 Å². The van der Waals surface area contributed by atoms with E-state index in [-0.39, 0.29) is 0 Å². The van der Waals surface area contributed by atoms with E-state index in [4.69, 9.17) is 4.74 Å². The summed E-state index contributed by atoms with van der Waals surface area (Å²) in [5, 5.41) is 3.46.